The predicted molar refractivity (Wildman–Crippen MR) is 144 cm³/mol. The molecule has 3 unspecified atom stereocenters. The Bertz CT molecular complexity index is 1030. The Labute approximate surface area is 235 Å². The average molecular weight is 570 g/mol. The number of aliphatic carboxylic acids is 1. The number of ether oxygens (including phenoxy) is 6. The van der Waals surface area contributed by atoms with Crippen molar-refractivity contribution in [1.82, 2.24) is 0 Å². The molecule has 0 saturated carbocycles. The van der Waals surface area contributed by atoms with E-state index in [-0.39, 0.29) is 42.1 Å². The molecule has 1 aromatic carbocycles. The lowest BCUT2D eigenvalue weighted by atomic mass is 9.79. The van der Waals surface area contributed by atoms with Gasteiger partial charge in [0.1, 0.15) is 12.1 Å². The second-order valence-corrected chi connectivity index (χ2v) is 11.9. The van der Waals surface area contributed by atoms with Crippen molar-refractivity contribution in [1.29, 1.82) is 0 Å². The molecule has 226 valence electrons. The van der Waals surface area contributed by atoms with E-state index in [1.165, 1.54) is 18.2 Å². The minimum atomic E-state index is -1.44. The highest BCUT2D eigenvalue weighted by Crippen LogP contribution is 2.37. The normalized spacial score (nSPS) is 14.7. The third-order valence-corrected chi connectivity index (χ3v) is 5.51. The number of benzene rings is 1. The lowest BCUT2D eigenvalue weighted by Gasteiger charge is -2.31. The molecular weight excluding hydrogens is 526 g/mol. The van der Waals surface area contributed by atoms with E-state index >= 15 is 0 Å². The molecule has 12 heteroatoms. The first-order valence-corrected chi connectivity index (χ1v) is 13.0. The fourth-order valence-electron chi connectivity index (χ4n) is 3.38. The smallest absolute Gasteiger partial charge is 0.480 e. The number of hydrogen-bond acceptors (Lipinski definition) is 11. The van der Waals surface area contributed by atoms with Gasteiger partial charge < -0.3 is 39.3 Å². The van der Waals surface area contributed by atoms with E-state index in [1.54, 1.807) is 20.8 Å². The van der Waals surface area contributed by atoms with Crippen LogP contribution >= 0.6 is 0 Å². The summed E-state index contributed by atoms with van der Waals surface area (Å²) in [7, 11) is 0. The van der Waals surface area contributed by atoms with Crippen molar-refractivity contribution in [3.8, 4) is 11.5 Å². The van der Waals surface area contributed by atoms with Gasteiger partial charge in [0, 0.05) is 11.8 Å². The largest absolute Gasteiger partial charge is 0.513 e. The zero-order valence-electron chi connectivity index (χ0n) is 24.8. The van der Waals surface area contributed by atoms with Crippen LogP contribution in [0.5, 0.6) is 11.5 Å². The van der Waals surface area contributed by atoms with Crippen LogP contribution in [0.4, 0.5) is 14.4 Å². The second-order valence-electron chi connectivity index (χ2n) is 11.9. The molecule has 0 aliphatic carbocycles. The van der Waals surface area contributed by atoms with Crippen molar-refractivity contribution < 1.29 is 52.7 Å². The predicted octanol–water partition coefficient (Wildman–Crippen LogP) is 5.50. The summed E-state index contributed by atoms with van der Waals surface area (Å²) in [5.74, 6) is -3.27. The van der Waals surface area contributed by atoms with Gasteiger partial charge in [-0.2, -0.15) is 0 Å². The highest BCUT2D eigenvalue weighted by atomic mass is 16.7. The molecule has 0 saturated heterocycles. The van der Waals surface area contributed by atoms with Crippen LogP contribution in [0.3, 0.4) is 0 Å². The van der Waals surface area contributed by atoms with Crippen molar-refractivity contribution in [2.45, 2.75) is 80.4 Å². The minimum Gasteiger partial charge on any atom is -0.480 e. The quantitative estimate of drug-likeness (QED) is 0.195. The first-order chi connectivity index (χ1) is 18.3. The number of carbonyl (C=O) groups excluding carboxylic acids is 3. The van der Waals surface area contributed by atoms with Gasteiger partial charge in [-0.15, -0.1) is 0 Å². The van der Waals surface area contributed by atoms with Gasteiger partial charge >= 0.3 is 24.4 Å². The third kappa shape index (κ3) is 12.1. The maximum atomic E-state index is 12.5. The van der Waals surface area contributed by atoms with E-state index in [0.717, 1.165) is 0 Å². The van der Waals surface area contributed by atoms with Gasteiger partial charge in [-0.25, -0.2) is 14.4 Å². The minimum absolute atomic E-state index is 0.0433. The summed E-state index contributed by atoms with van der Waals surface area (Å²) in [5, 5.41) is 9.72. The Balaban J connectivity index is 3.43. The summed E-state index contributed by atoms with van der Waals surface area (Å²) in [6.45, 7) is 16.3. The summed E-state index contributed by atoms with van der Waals surface area (Å²) in [6, 6.07) is 2.69. The van der Waals surface area contributed by atoms with E-state index in [9.17, 15) is 24.3 Å². The maximum absolute atomic E-state index is 12.5. The molecular formula is C28H43NO11. The monoisotopic (exact) mass is 569 g/mol. The first kappa shape index (κ1) is 34.5. The van der Waals surface area contributed by atoms with Gasteiger partial charge in [0.25, 0.3) is 0 Å². The molecule has 1 rings (SSSR count). The van der Waals surface area contributed by atoms with Crippen molar-refractivity contribution >= 4 is 24.4 Å². The number of carbonyl (C=O) groups is 4. The molecule has 1 aromatic rings. The molecule has 0 bridgehead atoms. The lowest BCUT2D eigenvalue weighted by molar-refractivity contribution is -0.139. The van der Waals surface area contributed by atoms with Gasteiger partial charge in [-0.3, -0.25) is 4.79 Å². The Morgan fingerprint density at radius 1 is 0.825 bits per heavy atom. The Kier molecular flexibility index (Phi) is 12.7. The summed E-state index contributed by atoms with van der Waals surface area (Å²) < 4.78 is 31.1. The lowest BCUT2D eigenvalue weighted by Crippen LogP contribution is -2.42. The second kappa shape index (κ2) is 14.7. The number of carboxylic acids is 1. The van der Waals surface area contributed by atoms with Gasteiger partial charge in [-0.1, -0.05) is 54.5 Å². The molecule has 12 nitrogen and oxygen atoms in total. The highest BCUT2D eigenvalue weighted by Gasteiger charge is 2.36. The van der Waals surface area contributed by atoms with Crippen LogP contribution in [0, 0.1) is 16.7 Å². The summed E-state index contributed by atoms with van der Waals surface area (Å²) in [4.78, 5) is 48.6. The number of carboxylic acid groups (broad SMARTS) is 1. The van der Waals surface area contributed by atoms with Gasteiger partial charge in [0.15, 0.2) is 11.5 Å². The van der Waals surface area contributed by atoms with Crippen molar-refractivity contribution in [2.75, 3.05) is 19.8 Å². The Morgan fingerprint density at radius 2 is 1.32 bits per heavy atom. The van der Waals surface area contributed by atoms with E-state index in [2.05, 4.69) is 0 Å². The third-order valence-electron chi connectivity index (χ3n) is 5.51. The van der Waals surface area contributed by atoms with Crippen molar-refractivity contribution in [2.24, 2.45) is 22.5 Å². The van der Waals surface area contributed by atoms with Crippen molar-refractivity contribution in [3.63, 3.8) is 0 Å². The fourth-order valence-corrected chi connectivity index (χ4v) is 3.38. The van der Waals surface area contributed by atoms with Crippen LogP contribution in [-0.4, -0.2) is 61.5 Å². The van der Waals surface area contributed by atoms with Gasteiger partial charge in [-0.05, 0) is 42.4 Å². The Morgan fingerprint density at radius 3 is 1.77 bits per heavy atom. The zero-order chi connectivity index (χ0) is 30.8. The van der Waals surface area contributed by atoms with Crippen LogP contribution in [0.2, 0.25) is 0 Å². The van der Waals surface area contributed by atoms with Crippen LogP contribution < -0.4 is 15.2 Å². The maximum Gasteiger partial charge on any atom is 0.513 e. The standard InChI is InChI=1S/C28H43NO11/c1-10-35-24(32)38-17(3)16(2)21(22(29)23(30)31)18-11-12-19(39-25(33)36-14-27(4,5)6)20(13-18)40-26(34)37-15-28(7,8)9/h11-13,16-17,21-22H,10,14-15,29H2,1-9H3,(H,30,31)/t16?,17?,21?,22-/m0/s1. The molecule has 4 atom stereocenters. The van der Waals surface area contributed by atoms with E-state index in [0.29, 0.717) is 5.56 Å². The average Bonchev–Trinajstić information content (AvgIpc) is 2.82. The van der Waals surface area contributed by atoms with E-state index in [1.807, 2.05) is 41.5 Å². The molecule has 0 aromatic heterocycles. The topological polar surface area (TPSA) is 170 Å². The molecule has 0 heterocycles. The summed E-state index contributed by atoms with van der Waals surface area (Å²) in [5.41, 5.74) is 5.71. The number of rotatable bonds is 11. The zero-order valence-corrected chi connectivity index (χ0v) is 24.8. The molecule has 0 spiro atoms. The van der Waals surface area contributed by atoms with E-state index < -0.39 is 48.4 Å². The molecule has 0 aliphatic heterocycles. The molecule has 0 amide bonds. The number of nitrogens with two attached hydrogens (primary N) is 1. The van der Waals surface area contributed by atoms with Crippen molar-refractivity contribution in [3.05, 3.63) is 23.8 Å². The Hall–Kier alpha value is -3.54. The van der Waals surface area contributed by atoms with Gasteiger partial charge in [0.05, 0.1) is 19.8 Å². The molecule has 0 fully saturated rings. The summed E-state index contributed by atoms with van der Waals surface area (Å²) in [6.07, 6.45) is -3.81. The molecule has 0 aliphatic rings. The summed E-state index contributed by atoms with van der Waals surface area (Å²) >= 11 is 0. The van der Waals surface area contributed by atoms with Crippen LogP contribution in [0.1, 0.15) is 73.8 Å². The molecule has 0 radical (unpaired) electrons. The fraction of sp³-hybridized carbons (Fsp3) is 0.643. The first-order valence-electron chi connectivity index (χ1n) is 13.0. The van der Waals surface area contributed by atoms with Crippen LogP contribution in [-0.2, 0) is 23.7 Å². The number of hydrogen-bond donors (Lipinski definition) is 2. The van der Waals surface area contributed by atoms with Crippen LogP contribution in [0.15, 0.2) is 18.2 Å². The molecule has 40 heavy (non-hydrogen) atoms. The van der Waals surface area contributed by atoms with Gasteiger partial charge in [0.2, 0.25) is 0 Å². The molecule has 3 N–H and O–H groups in total. The van der Waals surface area contributed by atoms with E-state index in [4.69, 9.17) is 34.2 Å². The SMILES string of the molecule is CCOC(=O)OC(C)C(C)C(c1ccc(OC(=O)OCC(C)(C)C)c(OC(=O)OCC(C)(C)C)c1)[C@H](N)C(=O)O. The highest BCUT2D eigenvalue weighted by molar-refractivity contribution is 5.75. The van der Waals surface area contributed by atoms with Crippen LogP contribution in [0.25, 0.3) is 0 Å².